The van der Waals surface area contributed by atoms with Crippen LogP contribution in [-0.2, 0) is 26.6 Å². The zero-order valence-electron chi connectivity index (χ0n) is 9.97. The molecule has 1 saturated heterocycles. The van der Waals surface area contributed by atoms with Gasteiger partial charge in [0.05, 0.1) is 0 Å². The zero-order valence-corrected chi connectivity index (χ0v) is 11.5. The Morgan fingerprint density at radius 1 is 1.44 bits per heavy atom. The lowest BCUT2D eigenvalue weighted by atomic mass is 10.2. The van der Waals surface area contributed by atoms with Gasteiger partial charge >= 0.3 is 0 Å². The van der Waals surface area contributed by atoms with Gasteiger partial charge in [0.2, 0.25) is 0 Å². The van der Waals surface area contributed by atoms with Crippen LogP contribution in [0.3, 0.4) is 0 Å². The Morgan fingerprint density at radius 3 is 2.72 bits per heavy atom. The Hall–Kier alpha value is -0.910. The van der Waals surface area contributed by atoms with E-state index in [0.29, 0.717) is 24.5 Å². The fourth-order valence-corrected chi connectivity index (χ4v) is 2.56. The molecule has 1 aliphatic rings. The van der Waals surface area contributed by atoms with Crippen LogP contribution in [0.25, 0.3) is 0 Å². The first-order valence-electron chi connectivity index (χ1n) is 5.60. The summed E-state index contributed by atoms with van der Waals surface area (Å²) < 4.78 is 16.0. The summed E-state index contributed by atoms with van der Waals surface area (Å²) in [5, 5.41) is 0.675. The SMILES string of the molecule is CS(=O)OC1CCN(Cc2ccc(Cl)cc2)C1=O. The molecule has 98 valence electrons. The van der Waals surface area contributed by atoms with Crippen LogP contribution >= 0.6 is 11.6 Å². The first-order chi connectivity index (χ1) is 8.56. The van der Waals surface area contributed by atoms with Gasteiger partial charge in [0.25, 0.3) is 5.91 Å². The molecule has 1 amide bonds. The molecule has 0 aliphatic carbocycles. The van der Waals surface area contributed by atoms with Gasteiger partial charge in [0, 0.05) is 30.8 Å². The van der Waals surface area contributed by atoms with Gasteiger partial charge in [-0.1, -0.05) is 23.7 Å². The Morgan fingerprint density at radius 2 is 2.11 bits per heavy atom. The van der Waals surface area contributed by atoms with E-state index in [2.05, 4.69) is 0 Å². The van der Waals surface area contributed by atoms with Crippen molar-refractivity contribution in [3.8, 4) is 0 Å². The van der Waals surface area contributed by atoms with Crippen molar-refractivity contribution < 1.29 is 13.2 Å². The molecule has 2 atom stereocenters. The monoisotopic (exact) mass is 287 g/mol. The third-order valence-electron chi connectivity index (χ3n) is 2.79. The van der Waals surface area contributed by atoms with Crippen molar-refractivity contribution in [3.63, 3.8) is 0 Å². The number of amides is 1. The molecule has 0 radical (unpaired) electrons. The van der Waals surface area contributed by atoms with Gasteiger partial charge in [-0.3, -0.25) is 8.98 Å². The van der Waals surface area contributed by atoms with Crippen molar-refractivity contribution in [2.24, 2.45) is 0 Å². The number of benzene rings is 1. The molecule has 0 bridgehead atoms. The number of carbonyl (C=O) groups is 1. The van der Waals surface area contributed by atoms with E-state index >= 15 is 0 Å². The quantitative estimate of drug-likeness (QED) is 0.848. The molecular weight excluding hydrogens is 274 g/mol. The summed E-state index contributed by atoms with van der Waals surface area (Å²) in [4.78, 5) is 13.7. The number of halogens is 1. The molecule has 0 N–H and O–H groups in total. The van der Waals surface area contributed by atoms with Crippen LogP contribution in [0.2, 0.25) is 5.02 Å². The van der Waals surface area contributed by atoms with Gasteiger partial charge < -0.3 is 4.90 Å². The Bertz CT molecular complexity index is 463. The highest BCUT2D eigenvalue weighted by Crippen LogP contribution is 2.19. The smallest absolute Gasteiger partial charge is 0.253 e. The highest BCUT2D eigenvalue weighted by molar-refractivity contribution is 7.79. The lowest BCUT2D eigenvalue weighted by Crippen LogP contribution is -2.30. The summed E-state index contributed by atoms with van der Waals surface area (Å²) in [6.07, 6.45) is 1.45. The van der Waals surface area contributed by atoms with Crippen LogP contribution in [0.1, 0.15) is 12.0 Å². The predicted octanol–water partition coefficient (Wildman–Crippen LogP) is 1.75. The molecule has 2 unspecified atom stereocenters. The van der Waals surface area contributed by atoms with Gasteiger partial charge in [-0.15, -0.1) is 0 Å². The standard InChI is InChI=1S/C12H14ClNO3S/c1-18(16)17-11-6-7-14(12(11)15)8-9-2-4-10(13)5-3-9/h2-5,11H,6-8H2,1H3. The average Bonchev–Trinajstić information content (AvgIpc) is 2.64. The molecule has 6 heteroatoms. The van der Waals surface area contributed by atoms with Crippen LogP contribution in [0.15, 0.2) is 24.3 Å². The minimum absolute atomic E-state index is 0.0971. The zero-order chi connectivity index (χ0) is 13.1. The third-order valence-corrected chi connectivity index (χ3v) is 3.54. The summed E-state index contributed by atoms with van der Waals surface area (Å²) in [6, 6.07) is 7.38. The summed E-state index contributed by atoms with van der Waals surface area (Å²) >= 11 is 4.40. The van der Waals surface area contributed by atoms with E-state index in [-0.39, 0.29) is 5.91 Å². The van der Waals surface area contributed by atoms with E-state index in [1.807, 2.05) is 12.1 Å². The van der Waals surface area contributed by atoms with Gasteiger partial charge in [-0.2, -0.15) is 0 Å². The van der Waals surface area contributed by atoms with Crippen LogP contribution in [0, 0.1) is 0 Å². The second-order valence-corrected chi connectivity index (χ2v) is 5.59. The van der Waals surface area contributed by atoms with E-state index in [1.54, 1.807) is 17.0 Å². The van der Waals surface area contributed by atoms with Crippen molar-refractivity contribution in [2.75, 3.05) is 12.8 Å². The molecule has 2 rings (SSSR count). The summed E-state index contributed by atoms with van der Waals surface area (Å²) in [5.74, 6) is -0.0971. The summed E-state index contributed by atoms with van der Waals surface area (Å²) in [6.45, 7) is 1.16. The minimum Gasteiger partial charge on any atom is -0.336 e. The highest BCUT2D eigenvalue weighted by Gasteiger charge is 2.33. The van der Waals surface area contributed by atoms with E-state index in [4.69, 9.17) is 15.8 Å². The minimum atomic E-state index is -1.41. The normalized spacial score (nSPS) is 21.3. The van der Waals surface area contributed by atoms with Gasteiger partial charge in [0.15, 0.2) is 17.2 Å². The number of hydrogen-bond acceptors (Lipinski definition) is 3. The molecule has 0 spiro atoms. The molecule has 0 aromatic heterocycles. The van der Waals surface area contributed by atoms with Gasteiger partial charge in [-0.25, -0.2) is 4.21 Å². The maximum absolute atomic E-state index is 12.0. The topological polar surface area (TPSA) is 46.6 Å². The van der Waals surface area contributed by atoms with Crippen LogP contribution in [-0.4, -0.2) is 33.9 Å². The second-order valence-electron chi connectivity index (χ2n) is 4.16. The van der Waals surface area contributed by atoms with E-state index < -0.39 is 17.2 Å². The predicted molar refractivity (Wildman–Crippen MR) is 70.4 cm³/mol. The van der Waals surface area contributed by atoms with Gasteiger partial charge in [-0.05, 0) is 17.7 Å². The summed E-state index contributed by atoms with van der Waals surface area (Å²) in [7, 11) is 0. The fraction of sp³-hybridized carbons (Fsp3) is 0.417. The van der Waals surface area contributed by atoms with E-state index in [1.165, 1.54) is 6.26 Å². The van der Waals surface area contributed by atoms with Crippen LogP contribution in [0.5, 0.6) is 0 Å². The highest BCUT2D eigenvalue weighted by atomic mass is 35.5. The molecular formula is C12H14ClNO3S. The number of nitrogens with zero attached hydrogens (tertiary/aromatic N) is 1. The third kappa shape index (κ3) is 3.31. The largest absolute Gasteiger partial charge is 0.336 e. The first kappa shape index (κ1) is 13.5. The molecule has 1 fully saturated rings. The first-order valence-corrected chi connectivity index (χ1v) is 7.46. The Labute approximate surface area is 114 Å². The molecule has 0 saturated carbocycles. The molecule has 1 aromatic carbocycles. The second kappa shape index (κ2) is 5.82. The molecule has 1 aromatic rings. The molecule has 4 nitrogen and oxygen atoms in total. The van der Waals surface area contributed by atoms with E-state index in [0.717, 1.165) is 5.56 Å². The number of likely N-dealkylation sites (tertiary alicyclic amines) is 1. The summed E-state index contributed by atoms with van der Waals surface area (Å²) in [5.41, 5.74) is 1.02. The number of carbonyl (C=O) groups excluding carboxylic acids is 1. The van der Waals surface area contributed by atoms with Gasteiger partial charge in [0.1, 0.15) is 0 Å². The maximum Gasteiger partial charge on any atom is 0.253 e. The van der Waals surface area contributed by atoms with Crippen molar-refractivity contribution >= 4 is 28.6 Å². The maximum atomic E-state index is 12.0. The van der Waals surface area contributed by atoms with E-state index in [9.17, 15) is 9.00 Å². The van der Waals surface area contributed by atoms with Crippen molar-refractivity contribution in [1.82, 2.24) is 4.90 Å². The van der Waals surface area contributed by atoms with Crippen LogP contribution < -0.4 is 0 Å². The van der Waals surface area contributed by atoms with Crippen molar-refractivity contribution in [2.45, 2.75) is 19.1 Å². The van der Waals surface area contributed by atoms with Crippen LogP contribution in [0.4, 0.5) is 0 Å². The molecule has 1 heterocycles. The fourth-order valence-electron chi connectivity index (χ4n) is 1.93. The van der Waals surface area contributed by atoms with Crippen molar-refractivity contribution in [3.05, 3.63) is 34.9 Å². The lowest BCUT2D eigenvalue weighted by Gasteiger charge is -2.16. The van der Waals surface area contributed by atoms with Crippen molar-refractivity contribution in [1.29, 1.82) is 0 Å². The Balaban J connectivity index is 1.97. The molecule has 1 aliphatic heterocycles. The Kier molecular flexibility index (Phi) is 4.37. The number of rotatable bonds is 4. The molecule has 18 heavy (non-hydrogen) atoms. The lowest BCUT2D eigenvalue weighted by molar-refractivity contribution is -0.133. The number of hydrogen-bond donors (Lipinski definition) is 0. The average molecular weight is 288 g/mol.